The second-order valence-corrected chi connectivity index (χ2v) is 4.89. The molecule has 1 aromatic rings. The van der Waals surface area contributed by atoms with Crippen LogP contribution in [0.3, 0.4) is 0 Å². The van der Waals surface area contributed by atoms with Crippen LogP contribution in [0.15, 0.2) is 12.1 Å². The Balaban J connectivity index is 2.29. The van der Waals surface area contributed by atoms with Crippen LogP contribution < -0.4 is 14.8 Å². The molecule has 18 heavy (non-hydrogen) atoms. The van der Waals surface area contributed by atoms with Crippen molar-refractivity contribution < 1.29 is 9.47 Å². The van der Waals surface area contributed by atoms with Gasteiger partial charge in [-0.05, 0) is 44.9 Å². The SMILES string of the molecule is CCOc1c(OC)ccc(Cl)c1CC1CCCN1. The van der Waals surface area contributed by atoms with Crippen LogP contribution in [0.1, 0.15) is 25.3 Å². The van der Waals surface area contributed by atoms with Crippen LogP contribution in [-0.2, 0) is 6.42 Å². The largest absolute Gasteiger partial charge is 0.493 e. The lowest BCUT2D eigenvalue weighted by molar-refractivity contribution is 0.306. The van der Waals surface area contributed by atoms with Gasteiger partial charge < -0.3 is 14.8 Å². The Bertz CT molecular complexity index is 403. The zero-order chi connectivity index (χ0) is 13.0. The predicted octanol–water partition coefficient (Wildman–Crippen LogP) is 3.04. The summed E-state index contributed by atoms with van der Waals surface area (Å²) in [5.41, 5.74) is 1.05. The summed E-state index contributed by atoms with van der Waals surface area (Å²) in [6.45, 7) is 3.68. The van der Waals surface area contributed by atoms with Gasteiger partial charge >= 0.3 is 0 Å². The summed E-state index contributed by atoms with van der Waals surface area (Å²) in [7, 11) is 1.66. The van der Waals surface area contributed by atoms with E-state index in [0.717, 1.165) is 35.1 Å². The molecule has 1 unspecified atom stereocenters. The highest BCUT2D eigenvalue weighted by molar-refractivity contribution is 6.31. The van der Waals surface area contributed by atoms with Crippen molar-refractivity contribution >= 4 is 11.6 Å². The van der Waals surface area contributed by atoms with E-state index in [9.17, 15) is 0 Å². The van der Waals surface area contributed by atoms with Gasteiger partial charge in [-0.25, -0.2) is 0 Å². The van der Waals surface area contributed by atoms with Gasteiger partial charge in [0.1, 0.15) is 0 Å². The molecule has 0 spiro atoms. The molecule has 1 aromatic carbocycles. The van der Waals surface area contributed by atoms with E-state index in [1.54, 1.807) is 7.11 Å². The lowest BCUT2D eigenvalue weighted by atomic mass is 10.0. The van der Waals surface area contributed by atoms with Gasteiger partial charge in [0.25, 0.3) is 0 Å². The molecule has 0 amide bonds. The first-order valence-corrected chi connectivity index (χ1v) is 6.85. The number of hydrogen-bond donors (Lipinski definition) is 1. The average Bonchev–Trinajstić information content (AvgIpc) is 2.87. The van der Waals surface area contributed by atoms with E-state index in [1.165, 1.54) is 12.8 Å². The van der Waals surface area contributed by atoms with Gasteiger partial charge in [0.15, 0.2) is 11.5 Å². The fraction of sp³-hybridized carbons (Fsp3) is 0.571. The Morgan fingerprint density at radius 3 is 2.89 bits per heavy atom. The molecule has 1 aliphatic heterocycles. The number of ether oxygens (including phenoxy) is 2. The van der Waals surface area contributed by atoms with Crippen LogP contribution in [-0.4, -0.2) is 26.3 Å². The Morgan fingerprint density at radius 2 is 2.28 bits per heavy atom. The van der Waals surface area contributed by atoms with Crippen LogP contribution in [0.25, 0.3) is 0 Å². The molecule has 0 radical (unpaired) electrons. The van der Waals surface area contributed by atoms with Gasteiger partial charge in [0.05, 0.1) is 13.7 Å². The second-order valence-electron chi connectivity index (χ2n) is 4.49. The summed E-state index contributed by atoms with van der Waals surface area (Å²) in [6, 6.07) is 4.24. The fourth-order valence-corrected chi connectivity index (χ4v) is 2.64. The van der Waals surface area contributed by atoms with Gasteiger partial charge in [0, 0.05) is 16.6 Å². The van der Waals surface area contributed by atoms with Crippen LogP contribution in [0, 0.1) is 0 Å². The van der Waals surface area contributed by atoms with Crippen molar-refractivity contribution in [1.29, 1.82) is 0 Å². The van der Waals surface area contributed by atoms with Crippen LogP contribution in [0.2, 0.25) is 5.02 Å². The first kappa shape index (κ1) is 13.5. The Hall–Kier alpha value is -0.930. The molecule has 1 saturated heterocycles. The quantitative estimate of drug-likeness (QED) is 0.891. The van der Waals surface area contributed by atoms with Gasteiger partial charge in [-0.15, -0.1) is 0 Å². The lowest BCUT2D eigenvalue weighted by Crippen LogP contribution is -2.24. The topological polar surface area (TPSA) is 30.5 Å². The maximum atomic E-state index is 6.31. The average molecular weight is 270 g/mol. The van der Waals surface area contributed by atoms with Crippen LogP contribution >= 0.6 is 11.6 Å². The molecule has 4 heteroatoms. The molecule has 0 aromatic heterocycles. The summed E-state index contributed by atoms with van der Waals surface area (Å²) < 4.78 is 11.1. The van der Waals surface area contributed by atoms with Crippen molar-refractivity contribution in [2.45, 2.75) is 32.2 Å². The predicted molar refractivity (Wildman–Crippen MR) is 73.9 cm³/mol. The second kappa shape index (κ2) is 6.30. The first-order chi connectivity index (χ1) is 8.76. The van der Waals surface area contributed by atoms with Crippen molar-refractivity contribution in [3.8, 4) is 11.5 Å². The molecule has 0 aliphatic carbocycles. The van der Waals surface area contributed by atoms with Gasteiger partial charge in [0.2, 0.25) is 0 Å². The zero-order valence-electron chi connectivity index (χ0n) is 11.0. The number of benzene rings is 1. The third-order valence-electron chi connectivity index (χ3n) is 3.29. The Morgan fingerprint density at radius 1 is 1.44 bits per heavy atom. The highest BCUT2D eigenvalue weighted by Gasteiger charge is 2.21. The maximum Gasteiger partial charge on any atom is 0.165 e. The van der Waals surface area contributed by atoms with Crippen molar-refractivity contribution in [2.24, 2.45) is 0 Å². The molecule has 2 rings (SSSR count). The number of hydrogen-bond acceptors (Lipinski definition) is 3. The van der Waals surface area contributed by atoms with Crippen molar-refractivity contribution in [2.75, 3.05) is 20.3 Å². The molecular formula is C14H20ClNO2. The van der Waals surface area contributed by atoms with E-state index in [1.807, 2.05) is 19.1 Å². The monoisotopic (exact) mass is 269 g/mol. The highest BCUT2D eigenvalue weighted by Crippen LogP contribution is 2.37. The molecule has 1 atom stereocenters. The summed E-state index contributed by atoms with van der Waals surface area (Å²) in [4.78, 5) is 0. The molecule has 1 fully saturated rings. The minimum Gasteiger partial charge on any atom is -0.493 e. The standard InChI is InChI=1S/C14H20ClNO2/c1-3-18-14-11(9-10-5-4-8-16-10)12(15)6-7-13(14)17-2/h6-7,10,16H,3-5,8-9H2,1-2H3. The van der Waals surface area contributed by atoms with Gasteiger partial charge in [-0.1, -0.05) is 11.6 Å². The zero-order valence-corrected chi connectivity index (χ0v) is 11.7. The van der Waals surface area contributed by atoms with E-state index in [0.29, 0.717) is 12.6 Å². The Kier molecular flexibility index (Phi) is 4.72. The van der Waals surface area contributed by atoms with Crippen LogP contribution in [0.5, 0.6) is 11.5 Å². The lowest BCUT2D eigenvalue weighted by Gasteiger charge is -2.18. The van der Waals surface area contributed by atoms with E-state index in [-0.39, 0.29) is 0 Å². The molecule has 1 aliphatic rings. The first-order valence-electron chi connectivity index (χ1n) is 6.47. The number of methoxy groups -OCH3 is 1. The number of halogens is 1. The van der Waals surface area contributed by atoms with Gasteiger partial charge in [-0.2, -0.15) is 0 Å². The van der Waals surface area contributed by atoms with Crippen molar-refractivity contribution in [3.05, 3.63) is 22.7 Å². The van der Waals surface area contributed by atoms with Crippen molar-refractivity contribution in [3.63, 3.8) is 0 Å². The Labute approximate surface area is 113 Å². The molecule has 0 saturated carbocycles. The molecule has 3 nitrogen and oxygen atoms in total. The van der Waals surface area contributed by atoms with E-state index >= 15 is 0 Å². The smallest absolute Gasteiger partial charge is 0.165 e. The van der Waals surface area contributed by atoms with E-state index in [4.69, 9.17) is 21.1 Å². The van der Waals surface area contributed by atoms with Gasteiger partial charge in [-0.3, -0.25) is 0 Å². The summed E-state index contributed by atoms with van der Waals surface area (Å²) in [6.07, 6.45) is 3.32. The fourth-order valence-electron chi connectivity index (χ4n) is 2.41. The molecule has 100 valence electrons. The summed E-state index contributed by atoms with van der Waals surface area (Å²) >= 11 is 6.31. The minimum atomic E-state index is 0.494. The number of nitrogens with one attached hydrogen (secondary N) is 1. The summed E-state index contributed by atoms with van der Waals surface area (Å²) in [5, 5.41) is 4.24. The molecule has 0 bridgehead atoms. The van der Waals surface area contributed by atoms with Crippen molar-refractivity contribution in [1.82, 2.24) is 5.32 Å². The molecule has 1 heterocycles. The summed E-state index contributed by atoms with van der Waals surface area (Å²) in [5.74, 6) is 1.55. The third kappa shape index (κ3) is 2.90. The maximum absolute atomic E-state index is 6.31. The third-order valence-corrected chi connectivity index (χ3v) is 3.64. The minimum absolute atomic E-state index is 0.494. The normalized spacial score (nSPS) is 18.9. The number of rotatable bonds is 5. The molecular weight excluding hydrogens is 250 g/mol. The van der Waals surface area contributed by atoms with E-state index < -0.39 is 0 Å². The highest BCUT2D eigenvalue weighted by atomic mass is 35.5. The van der Waals surface area contributed by atoms with Crippen LogP contribution in [0.4, 0.5) is 0 Å². The molecule has 1 N–H and O–H groups in total. The van der Waals surface area contributed by atoms with E-state index in [2.05, 4.69) is 5.32 Å².